The van der Waals surface area contributed by atoms with Crippen LogP contribution < -0.4 is 0 Å². The lowest BCUT2D eigenvalue weighted by Gasteiger charge is -2.38. The van der Waals surface area contributed by atoms with Crippen LogP contribution in [-0.4, -0.2) is 36.6 Å². The van der Waals surface area contributed by atoms with E-state index in [1.54, 1.807) is 0 Å². The van der Waals surface area contributed by atoms with Crippen LogP contribution in [-0.2, 0) is 15.7 Å². The van der Waals surface area contributed by atoms with E-state index in [2.05, 4.69) is 44.7 Å². The summed E-state index contributed by atoms with van der Waals surface area (Å²) in [6, 6.07) is 12.1. The van der Waals surface area contributed by atoms with E-state index in [0.717, 1.165) is 73.2 Å². The second-order valence-electron chi connectivity index (χ2n) is 10.7. The molecule has 0 N–H and O–H groups in total. The molecule has 2 atom stereocenters. The summed E-state index contributed by atoms with van der Waals surface area (Å²) in [5.41, 5.74) is 2.94. The van der Waals surface area contributed by atoms with Crippen molar-refractivity contribution in [2.24, 2.45) is 5.92 Å². The molecule has 0 radical (unpaired) electrons. The third-order valence-corrected chi connectivity index (χ3v) is 7.59. The van der Waals surface area contributed by atoms with Gasteiger partial charge in [-0.05, 0) is 91.8 Å². The quantitative estimate of drug-likeness (QED) is 0.296. The summed E-state index contributed by atoms with van der Waals surface area (Å²) in [6.07, 6.45) is 0.658. The zero-order valence-electron chi connectivity index (χ0n) is 22.9. The Morgan fingerprint density at radius 2 is 1.70 bits per heavy atom. The van der Waals surface area contributed by atoms with Gasteiger partial charge in [-0.3, -0.25) is 9.69 Å². The summed E-state index contributed by atoms with van der Waals surface area (Å²) in [6.45, 7) is 12.8. The van der Waals surface area contributed by atoms with Gasteiger partial charge in [-0.2, -0.15) is 13.2 Å². The number of piperidine rings is 1. The maximum atomic E-state index is 13.2. The molecule has 0 aliphatic carbocycles. The SMILES string of the molecule is CCOC(=O)C(CC(C)C)c1cc(-c2ccc(C(F)(F)F)cc2)cc(C2CCCN(C(CC)CC)C2)c1. The van der Waals surface area contributed by atoms with Crippen molar-refractivity contribution in [3.8, 4) is 11.1 Å². The van der Waals surface area contributed by atoms with E-state index in [4.69, 9.17) is 4.74 Å². The van der Waals surface area contributed by atoms with Crippen LogP contribution >= 0.6 is 0 Å². The Morgan fingerprint density at radius 3 is 2.27 bits per heavy atom. The maximum absolute atomic E-state index is 13.2. The zero-order valence-corrected chi connectivity index (χ0v) is 22.9. The van der Waals surface area contributed by atoms with Crippen molar-refractivity contribution < 1.29 is 22.7 Å². The van der Waals surface area contributed by atoms with Crippen molar-refractivity contribution in [3.05, 3.63) is 59.2 Å². The molecule has 2 unspecified atom stereocenters. The van der Waals surface area contributed by atoms with Gasteiger partial charge in [0.05, 0.1) is 18.1 Å². The van der Waals surface area contributed by atoms with Crippen molar-refractivity contribution in [1.82, 2.24) is 4.90 Å². The molecule has 2 aromatic carbocycles. The second-order valence-corrected chi connectivity index (χ2v) is 10.7. The molecule has 0 aromatic heterocycles. The van der Waals surface area contributed by atoms with Crippen molar-refractivity contribution in [2.45, 2.75) is 90.8 Å². The second kappa shape index (κ2) is 12.9. The van der Waals surface area contributed by atoms with Gasteiger partial charge in [0.25, 0.3) is 0 Å². The molecule has 1 aliphatic heterocycles. The standard InChI is InChI=1S/C31H42F3NO2/c1-6-28(7-2)35-15-9-10-23(20-35)25-17-24(22-11-13-27(14-12-22)31(32,33)34)18-26(19-25)29(16-21(4)5)30(36)37-8-3/h11-14,17-19,21,23,28-29H,6-10,15-16,20H2,1-5H3. The van der Waals surface area contributed by atoms with Crippen LogP contribution in [0.3, 0.4) is 0 Å². The first-order chi connectivity index (χ1) is 17.6. The average molecular weight is 518 g/mol. The van der Waals surface area contributed by atoms with Crippen LogP contribution in [0.2, 0.25) is 0 Å². The molecular weight excluding hydrogens is 475 g/mol. The van der Waals surface area contributed by atoms with Gasteiger partial charge in [0, 0.05) is 12.6 Å². The van der Waals surface area contributed by atoms with Gasteiger partial charge in [-0.25, -0.2) is 0 Å². The summed E-state index contributed by atoms with van der Waals surface area (Å²) in [5, 5.41) is 0. The number of alkyl halides is 3. The number of ether oxygens (including phenoxy) is 1. The first kappa shape index (κ1) is 29.2. The molecule has 204 valence electrons. The van der Waals surface area contributed by atoms with Gasteiger partial charge >= 0.3 is 12.1 Å². The summed E-state index contributed by atoms with van der Waals surface area (Å²) in [5.74, 6) is -0.0575. The highest BCUT2D eigenvalue weighted by atomic mass is 19.4. The van der Waals surface area contributed by atoms with Gasteiger partial charge < -0.3 is 4.74 Å². The minimum Gasteiger partial charge on any atom is -0.466 e. The van der Waals surface area contributed by atoms with Crippen molar-refractivity contribution in [1.29, 1.82) is 0 Å². The molecule has 0 saturated carbocycles. The molecule has 1 heterocycles. The third kappa shape index (κ3) is 7.59. The molecule has 6 heteroatoms. The van der Waals surface area contributed by atoms with Gasteiger partial charge in [0.1, 0.15) is 0 Å². The topological polar surface area (TPSA) is 29.5 Å². The Labute approximate surface area is 220 Å². The number of nitrogens with zero attached hydrogens (tertiary/aromatic N) is 1. The monoisotopic (exact) mass is 517 g/mol. The van der Waals surface area contributed by atoms with E-state index in [1.807, 2.05) is 13.0 Å². The van der Waals surface area contributed by atoms with E-state index in [9.17, 15) is 18.0 Å². The molecule has 0 spiro atoms. The average Bonchev–Trinajstić information content (AvgIpc) is 2.87. The fraction of sp³-hybridized carbons (Fsp3) is 0.581. The smallest absolute Gasteiger partial charge is 0.416 e. The van der Waals surface area contributed by atoms with E-state index in [-0.39, 0.29) is 11.9 Å². The van der Waals surface area contributed by atoms with E-state index in [0.29, 0.717) is 25.0 Å². The van der Waals surface area contributed by atoms with Crippen LogP contribution in [0.5, 0.6) is 0 Å². The van der Waals surface area contributed by atoms with E-state index < -0.39 is 17.7 Å². The number of hydrogen-bond acceptors (Lipinski definition) is 3. The van der Waals surface area contributed by atoms with Gasteiger partial charge in [-0.1, -0.05) is 58.0 Å². The molecule has 1 saturated heterocycles. The Morgan fingerprint density at radius 1 is 1.03 bits per heavy atom. The van der Waals surface area contributed by atoms with Gasteiger partial charge in [0.15, 0.2) is 0 Å². The lowest BCUT2D eigenvalue weighted by Crippen LogP contribution is -2.41. The molecule has 3 nitrogen and oxygen atoms in total. The molecule has 0 amide bonds. The molecule has 37 heavy (non-hydrogen) atoms. The summed E-state index contributed by atoms with van der Waals surface area (Å²) in [7, 11) is 0. The molecule has 0 bridgehead atoms. The molecule has 3 rings (SSSR count). The lowest BCUT2D eigenvalue weighted by molar-refractivity contribution is -0.145. The highest BCUT2D eigenvalue weighted by molar-refractivity contribution is 5.79. The largest absolute Gasteiger partial charge is 0.466 e. The Kier molecular flexibility index (Phi) is 10.2. The van der Waals surface area contributed by atoms with Crippen LogP contribution in [0.1, 0.15) is 95.2 Å². The zero-order chi connectivity index (χ0) is 27.2. The number of carbonyl (C=O) groups is 1. The first-order valence-corrected chi connectivity index (χ1v) is 13.8. The number of likely N-dealkylation sites (tertiary alicyclic amines) is 1. The fourth-order valence-corrected chi connectivity index (χ4v) is 5.63. The number of carbonyl (C=O) groups excluding carboxylic acids is 1. The summed E-state index contributed by atoms with van der Waals surface area (Å²) in [4.78, 5) is 15.6. The van der Waals surface area contributed by atoms with Gasteiger partial charge in [-0.15, -0.1) is 0 Å². The minimum atomic E-state index is -4.38. The van der Waals surface area contributed by atoms with Crippen molar-refractivity contribution >= 4 is 5.97 Å². The fourth-order valence-electron chi connectivity index (χ4n) is 5.63. The number of rotatable bonds is 10. The van der Waals surface area contributed by atoms with Crippen LogP contribution in [0.15, 0.2) is 42.5 Å². The predicted octanol–water partition coefficient (Wildman–Crippen LogP) is 8.43. The highest BCUT2D eigenvalue weighted by Crippen LogP contribution is 2.37. The van der Waals surface area contributed by atoms with Crippen LogP contribution in [0, 0.1) is 5.92 Å². The number of hydrogen-bond donors (Lipinski definition) is 0. The first-order valence-electron chi connectivity index (χ1n) is 13.8. The molecule has 1 fully saturated rings. The Bertz CT molecular complexity index is 1010. The van der Waals surface area contributed by atoms with Crippen LogP contribution in [0.4, 0.5) is 13.2 Å². The Hall–Kier alpha value is -2.34. The molecular formula is C31H42F3NO2. The molecule has 2 aromatic rings. The predicted molar refractivity (Wildman–Crippen MR) is 144 cm³/mol. The minimum absolute atomic E-state index is 0.242. The third-order valence-electron chi connectivity index (χ3n) is 7.59. The normalized spacial score (nSPS) is 17.8. The van der Waals surface area contributed by atoms with E-state index >= 15 is 0 Å². The molecule has 1 aliphatic rings. The van der Waals surface area contributed by atoms with Crippen LogP contribution in [0.25, 0.3) is 11.1 Å². The van der Waals surface area contributed by atoms with Crippen molar-refractivity contribution in [2.75, 3.05) is 19.7 Å². The number of esters is 1. The number of halogens is 3. The number of benzene rings is 2. The summed E-state index contributed by atoms with van der Waals surface area (Å²) >= 11 is 0. The van der Waals surface area contributed by atoms with E-state index in [1.165, 1.54) is 12.1 Å². The highest BCUT2D eigenvalue weighted by Gasteiger charge is 2.31. The Balaban J connectivity index is 2.07. The maximum Gasteiger partial charge on any atom is 0.416 e. The van der Waals surface area contributed by atoms with Crippen molar-refractivity contribution in [3.63, 3.8) is 0 Å². The summed E-state index contributed by atoms with van der Waals surface area (Å²) < 4.78 is 45.0. The van der Waals surface area contributed by atoms with Gasteiger partial charge in [0.2, 0.25) is 0 Å². The lowest BCUT2D eigenvalue weighted by atomic mass is 9.82.